The van der Waals surface area contributed by atoms with Crippen molar-refractivity contribution in [3.05, 3.63) is 89.3 Å². The number of allylic oxidation sites excluding steroid dienone is 3. The fourth-order valence-electron chi connectivity index (χ4n) is 2.89. The van der Waals surface area contributed by atoms with Gasteiger partial charge in [0.1, 0.15) is 11.6 Å². The first-order chi connectivity index (χ1) is 13.9. The average Bonchev–Trinajstić information content (AvgIpc) is 2.68. The molecule has 0 spiro atoms. The molecule has 0 amide bonds. The summed E-state index contributed by atoms with van der Waals surface area (Å²) < 4.78 is 48.6. The summed E-state index contributed by atoms with van der Waals surface area (Å²) >= 11 is 1.60. The Hall–Kier alpha value is -2.62. The fraction of sp³-hybridized carbons (Fsp3) is 0.217. The van der Waals surface area contributed by atoms with Crippen LogP contribution in [0.1, 0.15) is 12.5 Å². The lowest BCUT2D eigenvalue weighted by atomic mass is 9.87. The maximum atomic E-state index is 13.8. The Morgan fingerprint density at radius 1 is 1.17 bits per heavy atom. The zero-order valence-corrected chi connectivity index (χ0v) is 16.7. The number of hydrogen-bond acceptors (Lipinski definition) is 3. The van der Waals surface area contributed by atoms with E-state index in [1.54, 1.807) is 11.9 Å². The van der Waals surface area contributed by atoms with Crippen molar-refractivity contribution in [3.63, 3.8) is 0 Å². The number of terminal acetylenes is 1. The molecular formula is C23H20F3NOS. The van der Waals surface area contributed by atoms with Crippen LogP contribution in [0.15, 0.2) is 66.3 Å². The molecule has 6 heteroatoms. The molecule has 0 atom stereocenters. The zero-order valence-electron chi connectivity index (χ0n) is 15.9. The number of ether oxygens (including phenoxy) is 1. The SMILES string of the molecule is C#C/C(C)=C\C=C/CSN1CC(Oc2ccc(F)cc2)(c2ccc(F)c(F)c2)C1. The Morgan fingerprint density at radius 3 is 2.55 bits per heavy atom. The first kappa shape index (κ1) is 21.1. The number of hydrogen-bond donors (Lipinski definition) is 0. The van der Waals surface area contributed by atoms with E-state index in [4.69, 9.17) is 11.2 Å². The topological polar surface area (TPSA) is 12.5 Å². The van der Waals surface area contributed by atoms with Crippen LogP contribution < -0.4 is 4.74 Å². The van der Waals surface area contributed by atoms with Crippen molar-refractivity contribution in [1.29, 1.82) is 0 Å². The molecule has 0 bridgehead atoms. The van der Waals surface area contributed by atoms with Crippen LogP contribution in [0.2, 0.25) is 0 Å². The Morgan fingerprint density at radius 2 is 1.90 bits per heavy atom. The molecule has 0 N–H and O–H groups in total. The van der Waals surface area contributed by atoms with Gasteiger partial charge in [0.25, 0.3) is 0 Å². The van der Waals surface area contributed by atoms with Crippen LogP contribution in [-0.2, 0) is 5.60 Å². The zero-order chi connectivity index (χ0) is 20.9. The molecule has 1 fully saturated rings. The first-order valence-corrected chi connectivity index (χ1v) is 9.94. The molecule has 1 heterocycles. The van der Waals surface area contributed by atoms with E-state index in [1.165, 1.54) is 30.3 Å². The standard InChI is InChI=1S/C23H20F3NOS/c1-3-17(2)6-4-5-13-29-27-15-23(16-27,18-7-12-21(25)22(26)14-18)28-20-10-8-19(24)9-11-20/h1,4-12,14H,13,15-16H2,2H3/b5-4-,17-6-. The van der Waals surface area contributed by atoms with Gasteiger partial charge >= 0.3 is 0 Å². The summed E-state index contributed by atoms with van der Waals surface area (Å²) in [6.07, 6.45) is 11.0. The number of nitrogens with zero attached hydrogens (tertiary/aromatic N) is 1. The third kappa shape index (κ3) is 5.26. The molecule has 0 aromatic heterocycles. The van der Waals surface area contributed by atoms with E-state index in [2.05, 4.69) is 10.2 Å². The minimum atomic E-state index is -0.922. The van der Waals surface area contributed by atoms with Crippen LogP contribution in [-0.4, -0.2) is 23.1 Å². The lowest BCUT2D eigenvalue weighted by molar-refractivity contribution is -0.0365. The third-order valence-electron chi connectivity index (χ3n) is 4.50. The smallest absolute Gasteiger partial charge is 0.161 e. The predicted molar refractivity (Wildman–Crippen MR) is 111 cm³/mol. The molecule has 0 saturated carbocycles. The van der Waals surface area contributed by atoms with E-state index < -0.39 is 17.2 Å². The summed E-state index contributed by atoms with van der Waals surface area (Å²) in [6.45, 7) is 2.82. The molecule has 3 rings (SSSR count). The van der Waals surface area contributed by atoms with Crippen molar-refractivity contribution in [3.8, 4) is 18.1 Å². The summed E-state index contributed by atoms with van der Waals surface area (Å²) in [5.74, 6) is 1.55. The third-order valence-corrected chi connectivity index (χ3v) is 5.46. The maximum Gasteiger partial charge on any atom is 0.161 e. The van der Waals surface area contributed by atoms with Crippen molar-refractivity contribution in [2.45, 2.75) is 12.5 Å². The van der Waals surface area contributed by atoms with Crippen molar-refractivity contribution in [2.75, 3.05) is 18.8 Å². The number of benzene rings is 2. The highest BCUT2D eigenvalue weighted by Crippen LogP contribution is 2.40. The summed E-state index contributed by atoms with van der Waals surface area (Å²) in [6, 6.07) is 9.43. The van der Waals surface area contributed by atoms with Gasteiger partial charge in [0.05, 0.1) is 13.1 Å². The van der Waals surface area contributed by atoms with Gasteiger partial charge in [0.15, 0.2) is 17.2 Å². The van der Waals surface area contributed by atoms with Crippen LogP contribution in [0.3, 0.4) is 0 Å². The van der Waals surface area contributed by atoms with Gasteiger partial charge in [-0.15, -0.1) is 6.42 Å². The average molecular weight is 415 g/mol. The van der Waals surface area contributed by atoms with Crippen LogP contribution >= 0.6 is 11.9 Å². The van der Waals surface area contributed by atoms with Crippen LogP contribution in [0.5, 0.6) is 5.75 Å². The summed E-state index contributed by atoms with van der Waals surface area (Å²) in [5.41, 5.74) is 0.559. The Balaban J connectivity index is 1.70. The predicted octanol–water partition coefficient (Wildman–Crippen LogP) is 5.48. The lowest BCUT2D eigenvalue weighted by Crippen LogP contribution is -2.60. The molecule has 0 radical (unpaired) electrons. The summed E-state index contributed by atoms with van der Waals surface area (Å²) in [4.78, 5) is 0. The van der Waals surface area contributed by atoms with Crippen molar-refractivity contribution in [2.24, 2.45) is 0 Å². The molecule has 1 saturated heterocycles. The van der Waals surface area contributed by atoms with Crippen LogP contribution in [0.4, 0.5) is 13.2 Å². The van der Waals surface area contributed by atoms with E-state index in [0.29, 0.717) is 24.4 Å². The van der Waals surface area contributed by atoms with Gasteiger partial charge in [-0.2, -0.15) is 0 Å². The van der Waals surface area contributed by atoms with Crippen molar-refractivity contribution >= 4 is 11.9 Å². The van der Waals surface area contributed by atoms with Gasteiger partial charge in [0, 0.05) is 11.3 Å². The highest BCUT2D eigenvalue weighted by Gasteiger charge is 2.47. The molecular weight excluding hydrogens is 395 g/mol. The summed E-state index contributed by atoms with van der Waals surface area (Å²) in [7, 11) is 0. The quantitative estimate of drug-likeness (QED) is 0.338. The second kappa shape index (κ2) is 9.25. The van der Waals surface area contributed by atoms with Crippen molar-refractivity contribution < 1.29 is 17.9 Å². The first-order valence-electron chi connectivity index (χ1n) is 9.00. The second-order valence-corrected chi connectivity index (χ2v) is 7.80. The van der Waals surface area contributed by atoms with Crippen LogP contribution in [0.25, 0.3) is 0 Å². The normalized spacial score (nSPS) is 16.4. The maximum absolute atomic E-state index is 13.8. The van der Waals surface area contributed by atoms with Gasteiger partial charge in [-0.25, -0.2) is 17.5 Å². The van der Waals surface area contributed by atoms with E-state index in [9.17, 15) is 13.2 Å². The second-order valence-electron chi connectivity index (χ2n) is 6.70. The van der Waals surface area contributed by atoms with Gasteiger partial charge in [0.2, 0.25) is 0 Å². The largest absolute Gasteiger partial charge is 0.480 e. The van der Waals surface area contributed by atoms with Gasteiger partial charge < -0.3 is 4.74 Å². The van der Waals surface area contributed by atoms with Gasteiger partial charge in [-0.3, -0.25) is 0 Å². The van der Waals surface area contributed by atoms with E-state index in [1.807, 2.05) is 25.2 Å². The Kier molecular flexibility index (Phi) is 6.73. The van der Waals surface area contributed by atoms with Crippen LogP contribution in [0, 0.1) is 29.8 Å². The molecule has 0 aliphatic carbocycles. The fourth-order valence-corrected chi connectivity index (χ4v) is 3.90. The molecule has 29 heavy (non-hydrogen) atoms. The Labute approximate surface area is 173 Å². The number of rotatable bonds is 7. The van der Waals surface area contributed by atoms with E-state index in [0.717, 1.165) is 23.5 Å². The van der Waals surface area contributed by atoms with Gasteiger partial charge in [-0.05, 0) is 48.9 Å². The molecule has 1 aliphatic heterocycles. The molecule has 0 unspecified atom stereocenters. The molecule has 2 nitrogen and oxygen atoms in total. The highest BCUT2D eigenvalue weighted by molar-refractivity contribution is 7.97. The van der Waals surface area contributed by atoms with Crippen molar-refractivity contribution in [1.82, 2.24) is 4.31 Å². The lowest BCUT2D eigenvalue weighted by Gasteiger charge is -2.49. The van der Waals surface area contributed by atoms with Gasteiger partial charge in [-0.1, -0.05) is 42.2 Å². The summed E-state index contributed by atoms with van der Waals surface area (Å²) in [5, 5.41) is 0. The molecule has 2 aromatic rings. The highest BCUT2D eigenvalue weighted by atomic mass is 32.2. The minimum Gasteiger partial charge on any atom is -0.480 e. The molecule has 2 aromatic carbocycles. The monoisotopic (exact) mass is 415 g/mol. The minimum absolute atomic E-state index is 0.370. The molecule has 1 aliphatic rings. The van der Waals surface area contributed by atoms with E-state index >= 15 is 0 Å². The Bertz CT molecular complexity index is 957. The molecule has 150 valence electrons. The van der Waals surface area contributed by atoms with E-state index in [-0.39, 0.29) is 5.82 Å². The number of halogens is 3.